The van der Waals surface area contributed by atoms with Crippen molar-refractivity contribution in [2.45, 2.75) is 19.3 Å². The van der Waals surface area contributed by atoms with Crippen LogP contribution in [0.3, 0.4) is 0 Å². The molecule has 0 saturated carbocycles. The number of likely N-dealkylation sites (tertiary alicyclic amines) is 1. The fraction of sp³-hybridized carbons (Fsp3) is 0.333. The SMILES string of the molecule is COc1ccc([C@H]2CCN(C(=O)Nc3cccc(C)n3)C2)cc1. The van der Waals surface area contributed by atoms with E-state index < -0.39 is 0 Å². The molecule has 1 aromatic heterocycles. The number of aryl methyl sites for hydroxylation is 1. The van der Waals surface area contributed by atoms with Gasteiger partial charge in [0.15, 0.2) is 0 Å². The Balaban J connectivity index is 1.61. The Hall–Kier alpha value is -2.56. The number of carbonyl (C=O) groups excluding carboxylic acids is 1. The summed E-state index contributed by atoms with van der Waals surface area (Å²) in [5, 5.41) is 2.87. The number of hydrogen-bond donors (Lipinski definition) is 1. The maximum Gasteiger partial charge on any atom is 0.323 e. The van der Waals surface area contributed by atoms with Gasteiger partial charge in [-0.1, -0.05) is 18.2 Å². The first kappa shape index (κ1) is 15.3. The molecule has 1 N–H and O–H groups in total. The van der Waals surface area contributed by atoms with Crippen LogP contribution in [0.25, 0.3) is 0 Å². The van der Waals surface area contributed by atoms with Gasteiger partial charge in [-0.05, 0) is 43.2 Å². The van der Waals surface area contributed by atoms with Gasteiger partial charge in [0.25, 0.3) is 0 Å². The molecule has 1 saturated heterocycles. The first-order valence-corrected chi connectivity index (χ1v) is 7.79. The Morgan fingerprint density at radius 2 is 2.04 bits per heavy atom. The van der Waals surface area contributed by atoms with Crippen molar-refractivity contribution in [3.63, 3.8) is 0 Å². The van der Waals surface area contributed by atoms with Gasteiger partial charge >= 0.3 is 6.03 Å². The van der Waals surface area contributed by atoms with Crippen LogP contribution in [0.5, 0.6) is 5.75 Å². The number of urea groups is 1. The number of nitrogens with one attached hydrogen (secondary N) is 1. The standard InChI is InChI=1S/C18H21N3O2/c1-13-4-3-5-17(19-13)20-18(22)21-11-10-15(12-21)14-6-8-16(23-2)9-7-14/h3-9,15H,10-12H2,1-2H3,(H,19,20,22)/t15-/m0/s1. The lowest BCUT2D eigenvalue weighted by Crippen LogP contribution is -2.33. The van der Waals surface area contributed by atoms with Crippen LogP contribution in [0.4, 0.5) is 10.6 Å². The first-order chi connectivity index (χ1) is 11.2. The number of hydrogen-bond acceptors (Lipinski definition) is 3. The number of methoxy groups -OCH3 is 1. The van der Waals surface area contributed by atoms with E-state index >= 15 is 0 Å². The second-order valence-corrected chi connectivity index (χ2v) is 5.80. The van der Waals surface area contributed by atoms with Crippen LogP contribution >= 0.6 is 0 Å². The van der Waals surface area contributed by atoms with Gasteiger partial charge in [0.1, 0.15) is 11.6 Å². The zero-order chi connectivity index (χ0) is 16.2. The van der Waals surface area contributed by atoms with Crippen LogP contribution in [0.1, 0.15) is 23.6 Å². The number of nitrogens with zero attached hydrogens (tertiary/aromatic N) is 2. The molecule has 0 spiro atoms. The maximum absolute atomic E-state index is 12.4. The highest BCUT2D eigenvalue weighted by molar-refractivity contribution is 5.88. The van der Waals surface area contributed by atoms with E-state index in [4.69, 9.17) is 4.74 Å². The molecule has 3 rings (SSSR count). The molecule has 2 aromatic rings. The molecule has 23 heavy (non-hydrogen) atoms. The summed E-state index contributed by atoms with van der Waals surface area (Å²) >= 11 is 0. The largest absolute Gasteiger partial charge is 0.497 e. The van der Waals surface area contributed by atoms with Gasteiger partial charge in [0.05, 0.1) is 7.11 Å². The second kappa shape index (κ2) is 6.69. The van der Waals surface area contributed by atoms with Gasteiger partial charge < -0.3 is 9.64 Å². The highest BCUT2D eigenvalue weighted by Crippen LogP contribution is 2.28. The lowest BCUT2D eigenvalue weighted by atomic mass is 9.98. The van der Waals surface area contributed by atoms with Crippen molar-refractivity contribution in [2.75, 3.05) is 25.5 Å². The number of amides is 2. The fourth-order valence-corrected chi connectivity index (χ4v) is 2.89. The van der Waals surface area contributed by atoms with E-state index in [1.165, 1.54) is 5.56 Å². The maximum atomic E-state index is 12.4. The van der Waals surface area contributed by atoms with Gasteiger partial charge in [0.2, 0.25) is 0 Å². The summed E-state index contributed by atoms with van der Waals surface area (Å²) in [6.45, 7) is 3.39. The summed E-state index contributed by atoms with van der Waals surface area (Å²) < 4.78 is 5.19. The van der Waals surface area contributed by atoms with Crippen LogP contribution < -0.4 is 10.1 Å². The Labute approximate surface area is 136 Å². The van der Waals surface area contributed by atoms with Gasteiger partial charge in [-0.3, -0.25) is 5.32 Å². The van der Waals surface area contributed by atoms with Crippen molar-refractivity contribution in [3.8, 4) is 5.75 Å². The minimum absolute atomic E-state index is 0.0842. The summed E-state index contributed by atoms with van der Waals surface area (Å²) in [6, 6.07) is 13.6. The van der Waals surface area contributed by atoms with Crippen molar-refractivity contribution in [1.82, 2.24) is 9.88 Å². The Bertz CT molecular complexity index is 685. The summed E-state index contributed by atoms with van der Waals surface area (Å²) in [6.07, 6.45) is 0.973. The molecule has 0 radical (unpaired) electrons. The zero-order valence-corrected chi connectivity index (χ0v) is 13.5. The van der Waals surface area contributed by atoms with Gasteiger partial charge in [-0.2, -0.15) is 0 Å². The molecule has 1 aromatic carbocycles. The van der Waals surface area contributed by atoms with E-state index in [1.54, 1.807) is 7.11 Å². The van der Waals surface area contributed by atoms with Gasteiger partial charge in [-0.15, -0.1) is 0 Å². The van der Waals surface area contributed by atoms with Crippen LogP contribution in [-0.2, 0) is 0 Å². The van der Waals surface area contributed by atoms with Crippen LogP contribution in [0.2, 0.25) is 0 Å². The molecular formula is C18H21N3O2. The summed E-state index contributed by atoms with van der Waals surface area (Å²) in [5.74, 6) is 1.83. The minimum atomic E-state index is -0.0842. The van der Waals surface area contributed by atoms with Gasteiger partial charge in [0, 0.05) is 24.7 Å². The summed E-state index contributed by atoms with van der Waals surface area (Å²) in [7, 11) is 1.66. The number of aromatic nitrogens is 1. The number of pyridine rings is 1. The highest BCUT2D eigenvalue weighted by atomic mass is 16.5. The Morgan fingerprint density at radius 1 is 1.26 bits per heavy atom. The van der Waals surface area contributed by atoms with E-state index in [1.807, 2.05) is 42.2 Å². The number of rotatable bonds is 3. The minimum Gasteiger partial charge on any atom is -0.497 e. The predicted octanol–water partition coefficient (Wildman–Crippen LogP) is 3.42. The lowest BCUT2D eigenvalue weighted by molar-refractivity contribution is 0.222. The second-order valence-electron chi connectivity index (χ2n) is 5.80. The molecule has 0 aliphatic carbocycles. The molecule has 1 aliphatic heterocycles. The molecule has 2 amide bonds. The number of ether oxygens (including phenoxy) is 1. The molecule has 1 aliphatic rings. The third kappa shape index (κ3) is 3.62. The van der Waals surface area contributed by atoms with E-state index in [-0.39, 0.29) is 6.03 Å². The Kier molecular flexibility index (Phi) is 4.46. The fourth-order valence-electron chi connectivity index (χ4n) is 2.89. The van der Waals surface area contributed by atoms with E-state index in [2.05, 4.69) is 22.4 Å². The molecule has 5 nitrogen and oxygen atoms in total. The third-order valence-electron chi connectivity index (χ3n) is 4.19. The molecule has 2 heterocycles. The topological polar surface area (TPSA) is 54.5 Å². The average molecular weight is 311 g/mol. The number of benzene rings is 1. The normalized spacial score (nSPS) is 17.1. The molecule has 0 bridgehead atoms. The monoisotopic (exact) mass is 311 g/mol. The molecular weight excluding hydrogens is 290 g/mol. The van der Waals surface area contributed by atoms with E-state index in [0.717, 1.165) is 31.0 Å². The molecule has 120 valence electrons. The number of carbonyl (C=O) groups is 1. The van der Waals surface area contributed by atoms with Crippen molar-refractivity contribution in [1.29, 1.82) is 0 Å². The summed E-state index contributed by atoms with van der Waals surface area (Å²) in [5.41, 5.74) is 2.13. The molecule has 1 atom stereocenters. The van der Waals surface area contributed by atoms with Crippen LogP contribution in [0.15, 0.2) is 42.5 Å². The third-order valence-corrected chi connectivity index (χ3v) is 4.19. The smallest absolute Gasteiger partial charge is 0.323 e. The molecule has 1 fully saturated rings. The van der Waals surface area contributed by atoms with Crippen molar-refractivity contribution in [3.05, 3.63) is 53.7 Å². The number of anilines is 1. The predicted molar refractivity (Wildman–Crippen MR) is 89.9 cm³/mol. The first-order valence-electron chi connectivity index (χ1n) is 7.79. The van der Waals surface area contributed by atoms with E-state index in [9.17, 15) is 4.79 Å². The Morgan fingerprint density at radius 3 is 2.74 bits per heavy atom. The average Bonchev–Trinajstić information content (AvgIpc) is 3.05. The lowest BCUT2D eigenvalue weighted by Gasteiger charge is -2.17. The highest BCUT2D eigenvalue weighted by Gasteiger charge is 2.27. The molecule has 0 unspecified atom stereocenters. The van der Waals surface area contributed by atoms with E-state index in [0.29, 0.717) is 11.7 Å². The van der Waals surface area contributed by atoms with Gasteiger partial charge in [-0.25, -0.2) is 9.78 Å². The van der Waals surface area contributed by atoms with Crippen molar-refractivity contribution in [2.24, 2.45) is 0 Å². The van der Waals surface area contributed by atoms with Crippen LogP contribution in [-0.4, -0.2) is 36.1 Å². The zero-order valence-electron chi connectivity index (χ0n) is 13.5. The molecule has 5 heteroatoms. The quantitative estimate of drug-likeness (QED) is 0.945. The van der Waals surface area contributed by atoms with Crippen molar-refractivity contribution < 1.29 is 9.53 Å². The van der Waals surface area contributed by atoms with Crippen LogP contribution in [0, 0.1) is 6.92 Å². The summed E-state index contributed by atoms with van der Waals surface area (Å²) in [4.78, 5) is 18.5. The van der Waals surface area contributed by atoms with Crippen molar-refractivity contribution >= 4 is 11.8 Å².